The Balaban J connectivity index is 1.89. The number of nitrogens with zero attached hydrogens (tertiary/aromatic N) is 4. The molecule has 2 aromatic rings. The summed E-state index contributed by atoms with van der Waals surface area (Å²) in [6, 6.07) is 4.39. The topological polar surface area (TPSA) is 95.8 Å². The Morgan fingerprint density at radius 3 is 2.74 bits per heavy atom. The van der Waals surface area contributed by atoms with E-state index in [2.05, 4.69) is 30.4 Å². The highest BCUT2D eigenvalue weighted by Crippen LogP contribution is 2.24. The molecule has 1 aliphatic rings. The van der Waals surface area contributed by atoms with Crippen molar-refractivity contribution in [3.63, 3.8) is 0 Å². The van der Waals surface area contributed by atoms with Gasteiger partial charge in [-0.25, -0.2) is 4.98 Å². The molecule has 4 N–H and O–H groups in total. The van der Waals surface area contributed by atoms with Crippen molar-refractivity contribution >= 4 is 11.8 Å². The van der Waals surface area contributed by atoms with Crippen LogP contribution in [0.1, 0.15) is 5.69 Å². The second kappa shape index (κ2) is 4.51. The number of rotatable bonds is 3. The molecule has 0 aromatic carbocycles. The fraction of sp³-hybridized carbons (Fsp3) is 0.417. The molecule has 1 aliphatic heterocycles. The summed E-state index contributed by atoms with van der Waals surface area (Å²) in [6.07, 6.45) is 0. The third-order valence-corrected chi connectivity index (χ3v) is 3.31. The zero-order chi connectivity index (χ0) is 13.4. The summed E-state index contributed by atoms with van der Waals surface area (Å²) >= 11 is 0. The van der Waals surface area contributed by atoms with Gasteiger partial charge < -0.3 is 16.0 Å². The number of H-pyrrole nitrogens is 1. The van der Waals surface area contributed by atoms with E-state index in [9.17, 15) is 0 Å². The normalized spacial score (nSPS) is 15.6. The standard InChI is InChI=1S/C12H17N7/c1-7-3-10(18-17-7)9-4-11(16-12(13)15-9)19-5-8(6-19)14-2/h3-4,8,14H,5-6H2,1-2H3,(H,17,18)(H2,13,15,16). The first kappa shape index (κ1) is 11.9. The first-order valence-corrected chi connectivity index (χ1v) is 6.25. The maximum atomic E-state index is 5.78. The molecular weight excluding hydrogens is 242 g/mol. The summed E-state index contributed by atoms with van der Waals surface area (Å²) < 4.78 is 0. The molecule has 0 amide bonds. The molecule has 19 heavy (non-hydrogen) atoms. The van der Waals surface area contributed by atoms with Crippen LogP contribution < -0.4 is 16.0 Å². The lowest BCUT2D eigenvalue weighted by atomic mass is 10.1. The number of nitrogens with one attached hydrogen (secondary N) is 2. The van der Waals surface area contributed by atoms with E-state index in [-0.39, 0.29) is 5.95 Å². The molecule has 3 rings (SSSR count). The number of nitrogens with two attached hydrogens (primary N) is 1. The maximum absolute atomic E-state index is 5.78. The first-order valence-electron chi connectivity index (χ1n) is 6.25. The van der Waals surface area contributed by atoms with Crippen molar-refractivity contribution < 1.29 is 0 Å². The molecule has 0 radical (unpaired) electrons. The lowest BCUT2D eigenvalue weighted by Crippen LogP contribution is -2.57. The molecule has 1 saturated heterocycles. The van der Waals surface area contributed by atoms with Gasteiger partial charge in [-0.1, -0.05) is 0 Å². The van der Waals surface area contributed by atoms with Crippen molar-refractivity contribution in [2.45, 2.75) is 13.0 Å². The van der Waals surface area contributed by atoms with E-state index in [4.69, 9.17) is 5.73 Å². The molecule has 100 valence electrons. The van der Waals surface area contributed by atoms with Crippen LogP contribution in [0.2, 0.25) is 0 Å². The number of hydrogen-bond donors (Lipinski definition) is 3. The van der Waals surface area contributed by atoms with Gasteiger partial charge >= 0.3 is 0 Å². The number of anilines is 2. The quantitative estimate of drug-likeness (QED) is 0.727. The minimum absolute atomic E-state index is 0.279. The number of aromatic amines is 1. The fourth-order valence-electron chi connectivity index (χ4n) is 2.14. The van der Waals surface area contributed by atoms with Gasteiger partial charge in [0, 0.05) is 30.9 Å². The van der Waals surface area contributed by atoms with Crippen LogP contribution in [0.3, 0.4) is 0 Å². The Morgan fingerprint density at radius 2 is 2.11 bits per heavy atom. The van der Waals surface area contributed by atoms with Crippen LogP contribution in [-0.2, 0) is 0 Å². The van der Waals surface area contributed by atoms with Gasteiger partial charge in [0.15, 0.2) is 0 Å². The van der Waals surface area contributed by atoms with E-state index in [0.29, 0.717) is 6.04 Å². The molecule has 7 nitrogen and oxygen atoms in total. The van der Waals surface area contributed by atoms with Gasteiger partial charge in [-0.05, 0) is 20.0 Å². The van der Waals surface area contributed by atoms with E-state index >= 15 is 0 Å². The summed E-state index contributed by atoms with van der Waals surface area (Å²) in [4.78, 5) is 10.7. The number of aryl methyl sites for hydroxylation is 1. The Morgan fingerprint density at radius 1 is 1.32 bits per heavy atom. The van der Waals surface area contributed by atoms with Crippen molar-refractivity contribution in [3.8, 4) is 11.4 Å². The van der Waals surface area contributed by atoms with E-state index in [0.717, 1.165) is 36.0 Å². The monoisotopic (exact) mass is 259 g/mol. The summed E-state index contributed by atoms with van der Waals surface area (Å²) in [5, 5.41) is 10.3. The van der Waals surface area contributed by atoms with Crippen LogP contribution in [0.5, 0.6) is 0 Å². The smallest absolute Gasteiger partial charge is 0.222 e. The Bertz CT molecular complexity index is 586. The fourth-order valence-corrected chi connectivity index (χ4v) is 2.14. The van der Waals surface area contributed by atoms with Crippen LogP contribution in [0, 0.1) is 6.92 Å². The molecule has 0 aliphatic carbocycles. The van der Waals surface area contributed by atoms with E-state index < -0.39 is 0 Å². The molecule has 2 aromatic heterocycles. The summed E-state index contributed by atoms with van der Waals surface area (Å²) in [5.41, 5.74) is 8.32. The largest absolute Gasteiger partial charge is 0.368 e. The molecule has 3 heterocycles. The van der Waals surface area contributed by atoms with Crippen LogP contribution in [0.15, 0.2) is 12.1 Å². The lowest BCUT2D eigenvalue weighted by molar-refractivity contribution is 0.447. The second-order valence-corrected chi connectivity index (χ2v) is 4.80. The van der Waals surface area contributed by atoms with Crippen molar-refractivity contribution in [1.29, 1.82) is 0 Å². The SMILES string of the molecule is CNC1CN(c2cc(-c3cc(C)[nH]n3)nc(N)n2)C1. The van der Waals surface area contributed by atoms with Crippen LogP contribution in [-0.4, -0.2) is 46.3 Å². The van der Waals surface area contributed by atoms with Crippen molar-refractivity contribution in [2.24, 2.45) is 0 Å². The molecule has 7 heteroatoms. The lowest BCUT2D eigenvalue weighted by Gasteiger charge is -2.39. The van der Waals surface area contributed by atoms with Gasteiger partial charge in [-0.2, -0.15) is 10.1 Å². The molecule has 0 saturated carbocycles. The minimum atomic E-state index is 0.279. The van der Waals surface area contributed by atoms with E-state index in [1.807, 2.05) is 26.1 Å². The number of likely N-dealkylation sites (N-methyl/N-ethyl adjacent to an activating group) is 1. The summed E-state index contributed by atoms with van der Waals surface area (Å²) in [6.45, 7) is 3.83. The van der Waals surface area contributed by atoms with Crippen LogP contribution in [0.4, 0.5) is 11.8 Å². The van der Waals surface area contributed by atoms with E-state index in [1.165, 1.54) is 0 Å². The van der Waals surface area contributed by atoms with Crippen molar-refractivity contribution in [1.82, 2.24) is 25.5 Å². The Labute approximate surface area is 111 Å². The molecule has 0 unspecified atom stereocenters. The number of aromatic nitrogens is 4. The summed E-state index contributed by atoms with van der Waals surface area (Å²) in [5.74, 6) is 1.13. The maximum Gasteiger partial charge on any atom is 0.222 e. The van der Waals surface area contributed by atoms with Gasteiger partial charge in [0.25, 0.3) is 0 Å². The highest BCUT2D eigenvalue weighted by atomic mass is 15.3. The van der Waals surface area contributed by atoms with Gasteiger partial charge in [-0.15, -0.1) is 0 Å². The minimum Gasteiger partial charge on any atom is -0.368 e. The third-order valence-electron chi connectivity index (χ3n) is 3.31. The average Bonchev–Trinajstić information content (AvgIpc) is 2.74. The predicted octanol–water partition coefficient (Wildman–Crippen LogP) is 0.165. The third kappa shape index (κ3) is 2.24. The molecule has 1 fully saturated rings. The molecule has 0 bridgehead atoms. The number of nitrogen functional groups attached to an aromatic ring is 1. The van der Waals surface area contributed by atoms with E-state index in [1.54, 1.807) is 0 Å². The summed E-state index contributed by atoms with van der Waals surface area (Å²) in [7, 11) is 1.97. The highest BCUT2D eigenvalue weighted by molar-refractivity contribution is 5.62. The zero-order valence-corrected chi connectivity index (χ0v) is 11.0. The molecular formula is C12H17N7. The van der Waals surface area contributed by atoms with Crippen LogP contribution >= 0.6 is 0 Å². The second-order valence-electron chi connectivity index (χ2n) is 4.80. The molecule has 0 atom stereocenters. The molecule has 0 spiro atoms. The zero-order valence-electron chi connectivity index (χ0n) is 11.0. The first-order chi connectivity index (χ1) is 9.15. The Hall–Kier alpha value is -2.15. The van der Waals surface area contributed by atoms with Crippen molar-refractivity contribution in [3.05, 3.63) is 17.8 Å². The van der Waals surface area contributed by atoms with Crippen LogP contribution in [0.25, 0.3) is 11.4 Å². The number of hydrogen-bond acceptors (Lipinski definition) is 6. The Kier molecular flexibility index (Phi) is 2.83. The predicted molar refractivity (Wildman–Crippen MR) is 73.8 cm³/mol. The van der Waals surface area contributed by atoms with Gasteiger partial charge in [-0.3, -0.25) is 5.10 Å². The van der Waals surface area contributed by atoms with Gasteiger partial charge in [0.2, 0.25) is 5.95 Å². The highest BCUT2D eigenvalue weighted by Gasteiger charge is 2.27. The van der Waals surface area contributed by atoms with Crippen molar-refractivity contribution in [2.75, 3.05) is 30.8 Å². The average molecular weight is 259 g/mol. The van der Waals surface area contributed by atoms with Gasteiger partial charge in [0.05, 0.1) is 5.69 Å². The van der Waals surface area contributed by atoms with Gasteiger partial charge in [0.1, 0.15) is 11.5 Å².